The van der Waals surface area contributed by atoms with Gasteiger partial charge in [0, 0.05) is 11.1 Å². The van der Waals surface area contributed by atoms with Crippen molar-refractivity contribution in [1.29, 1.82) is 0 Å². The first-order chi connectivity index (χ1) is 15.2. The van der Waals surface area contributed by atoms with Crippen molar-refractivity contribution in [3.8, 4) is 17.2 Å². The molecule has 0 radical (unpaired) electrons. The molecule has 168 valence electrons. The van der Waals surface area contributed by atoms with Gasteiger partial charge in [-0.15, -0.1) is 0 Å². The van der Waals surface area contributed by atoms with E-state index in [1.165, 1.54) is 5.56 Å². The number of ether oxygens (including phenoxy) is 3. The number of hydrogen-bond acceptors (Lipinski definition) is 4. The predicted octanol–water partition coefficient (Wildman–Crippen LogP) is 6.14. The van der Waals surface area contributed by atoms with Gasteiger partial charge in [0.15, 0.2) is 0 Å². The fraction of sp³-hybridized carbons (Fsp3) is 0.296. The number of hydrogen-bond donors (Lipinski definition) is 1. The number of nitrogens with one attached hydrogen (secondary N) is 1. The second kappa shape index (κ2) is 9.77. The number of carbonyl (C=O) groups is 1. The first-order valence-corrected chi connectivity index (χ1v) is 10.6. The zero-order valence-corrected chi connectivity index (χ0v) is 19.6. The minimum atomic E-state index is -0.229. The van der Waals surface area contributed by atoms with Gasteiger partial charge in [0.25, 0.3) is 5.91 Å². The highest BCUT2D eigenvalue weighted by Gasteiger charge is 2.15. The largest absolute Gasteiger partial charge is 0.496 e. The number of methoxy groups -OCH3 is 2. The molecular formula is C27H31NO4. The molecule has 32 heavy (non-hydrogen) atoms. The summed E-state index contributed by atoms with van der Waals surface area (Å²) in [6.07, 6.45) is 0. The summed E-state index contributed by atoms with van der Waals surface area (Å²) >= 11 is 0. The Morgan fingerprint density at radius 3 is 2.16 bits per heavy atom. The summed E-state index contributed by atoms with van der Waals surface area (Å²) < 4.78 is 16.8. The Kier molecular flexibility index (Phi) is 7.08. The van der Waals surface area contributed by atoms with Crippen molar-refractivity contribution in [3.63, 3.8) is 0 Å². The zero-order valence-electron chi connectivity index (χ0n) is 19.6. The third-order valence-electron chi connectivity index (χ3n) is 5.26. The topological polar surface area (TPSA) is 56.8 Å². The average Bonchev–Trinajstić information content (AvgIpc) is 2.77. The summed E-state index contributed by atoms with van der Waals surface area (Å²) in [7, 11) is 3.19. The fourth-order valence-electron chi connectivity index (χ4n) is 3.36. The molecule has 0 heterocycles. The molecule has 0 bridgehead atoms. The van der Waals surface area contributed by atoms with E-state index in [1.54, 1.807) is 32.4 Å². The molecule has 0 atom stereocenters. The molecule has 0 saturated carbocycles. The van der Waals surface area contributed by atoms with Crippen LogP contribution in [0.3, 0.4) is 0 Å². The van der Waals surface area contributed by atoms with Crippen molar-refractivity contribution in [3.05, 3.63) is 82.9 Å². The van der Waals surface area contributed by atoms with Crippen LogP contribution in [0, 0.1) is 6.92 Å². The monoisotopic (exact) mass is 433 g/mol. The summed E-state index contributed by atoms with van der Waals surface area (Å²) in [6.45, 7) is 8.78. The van der Waals surface area contributed by atoms with Crippen molar-refractivity contribution in [2.75, 3.05) is 19.5 Å². The summed E-state index contributed by atoms with van der Waals surface area (Å²) in [5.41, 5.74) is 4.29. The zero-order chi connectivity index (χ0) is 23.3. The third kappa shape index (κ3) is 5.61. The first-order valence-electron chi connectivity index (χ1n) is 10.6. The lowest BCUT2D eigenvalue weighted by Gasteiger charge is -2.19. The van der Waals surface area contributed by atoms with E-state index < -0.39 is 0 Å². The molecule has 5 nitrogen and oxygen atoms in total. The van der Waals surface area contributed by atoms with Crippen molar-refractivity contribution in [2.45, 2.75) is 39.7 Å². The van der Waals surface area contributed by atoms with E-state index >= 15 is 0 Å². The van der Waals surface area contributed by atoms with Crippen LogP contribution in [0.15, 0.2) is 60.7 Å². The summed E-state index contributed by atoms with van der Waals surface area (Å²) in [4.78, 5) is 12.9. The highest BCUT2D eigenvalue weighted by atomic mass is 16.5. The Hall–Kier alpha value is -3.47. The van der Waals surface area contributed by atoms with Gasteiger partial charge < -0.3 is 19.5 Å². The maximum absolute atomic E-state index is 12.9. The number of anilines is 1. The molecule has 0 aromatic heterocycles. The van der Waals surface area contributed by atoms with Crippen LogP contribution in [0.2, 0.25) is 0 Å². The Bertz CT molecular complexity index is 1080. The lowest BCUT2D eigenvalue weighted by molar-refractivity contribution is 0.102. The Labute approximate surface area is 190 Å². The van der Waals surface area contributed by atoms with Crippen LogP contribution < -0.4 is 19.5 Å². The van der Waals surface area contributed by atoms with E-state index in [-0.39, 0.29) is 17.9 Å². The molecule has 0 spiro atoms. The van der Waals surface area contributed by atoms with Crippen molar-refractivity contribution >= 4 is 11.6 Å². The molecule has 3 aromatic carbocycles. The van der Waals surface area contributed by atoms with Crippen LogP contribution in [0.1, 0.15) is 47.8 Å². The second-order valence-corrected chi connectivity index (χ2v) is 8.75. The number of aryl methyl sites for hydroxylation is 1. The van der Waals surface area contributed by atoms with Crippen LogP contribution >= 0.6 is 0 Å². The van der Waals surface area contributed by atoms with E-state index in [0.717, 1.165) is 16.9 Å². The highest BCUT2D eigenvalue weighted by molar-refractivity contribution is 6.05. The van der Waals surface area contributed by atoms with Gasteiger partial charge in [-0.25, -0.2) is 0 Å². The Balaban J connectivity index is 1.76. The smallest absolute Gasteiger partial charge is 0.255 e. The summed E-state index contributed by atoms with van der Waals surface area (Å²) in [5.74, 6) is 1.81. The van der Waals surface area contributed by atoms with E-state index in [1.807, 2.05) is 37.3 Å². The molecule has 0 saturated heterocycles. The molecular weight excluding hydrogens is 402 g/mol. The quantitative estimate of drug-likeness (QED) is 0.486. The molecule has 0 unspecified atom stereocenters. The van der Waals surface area contributed by atoms with Crippen LogP contribution in [0.25, 0.3) is 0 Å². The molecule has 1 amide bonds. The van der Waals surface area contributed by atoms with E-state index in [0.29, 0.717) is 22.7 Å². The Morgan fingerprint density at radius 2 is 1.53 bits per heavy atom. The Morgan fingerprint density at radius 1 is 0.875 bits per heavy atom. The van der Waals surface area contributed by atoms with Crippen LogP contribution in [0.5, 0.6) is 17.2 Å². The molecule has 0 aliphatic rings. The van der Waals surface area contributed by atoms with Gasteiger partial charge in [0.1, 0.15) is 23.9 Å². The number of rotatable bonds is 7. The minimum absolute atomic E-state index is 0.0867. The van der Waals surface area contributed by atoms with Crippen molar-refractivity contribution < 1.29 is 19.0 Å². The average molecular weight is 434 g/mol. The number of benzene rings is 3. The normalized spacial score (nSPS) is 11.1. The van der Waals surface area contributed by atoms with Gasteiger partial charge in [0.05, 0.1) is 19.9 Å². The van der Waals surface area contributed by atoms with Gasteiger partial charge in [0.2, 0.25) is 0 Å². The van der Waals surface area contributed by atoms with Gasteiger partial charge >= 0.3 is 0 Å². The van der Waals surface area contributed by atoms with Crippen molar-refractivity contribution in [2.24, 2.45) is 0 Å². The highest BCUT2D eigenvalue weighted by Crippen LogP contribution is 2.28. The maximum Gasteiger partial charge on any atom is 0.255 e. The molecule has 0 aliphatic carbocycles. The molecule has 0 aliphatic heterocycles. The standard InChI is InChI=1S/C27H31NO4/c1-18-7-13-25(31-6)23(15-18)28-26(29)19-8-14-24(30-5)20(16-19)17-32-22-11-9-21(10-12-22)27(2,3)4/h7-16H,17H2,1-6H3,(H,28,29). The van der Waals surface area contributed by atoms with Crippen molar-refractivity contribution in [1.82, 2.24) is 0 Å². The summed E-state index contributed by atoms with van der Waals surface area (Å²) in [5, 5.41) is 2.93. The molecule has 5 heteroatoms. The summed E-state index contributed by atoms with van der Waals surface area (Å²) in [6, 6.07) is 19.0. The van der Waals surface area contributed by atoms with Crippen LogP contribution in [0.4, 0.5) is 5.69 Å². The fourth-order valence-corrected chi connectivity index (χ4v) is 3.36. The number of carbonyl (C=O) groups excluding carboxylic acids is 1. The molecule has 0 fully saturated rings. The van der Waals surface area contributed by atoms with Gasteiger partial charge in [-0.2, -0.15) is 0 Å². The SMILES string of the molecule is COc1ccc(C(=O)Nc2cc(C)ccc2OC)cc1COc1ccc(C(C)(C)C)cc1. The van der Waals surface area contributed by atoms with E-state index in [9.17, 15) is 4.79 Å². The van der Waals surface area contributed by atoms with Gasteiger partial charge in [-0.1, -0.05) is 39.0 Å². The lowest BCUT2D eigenvalue weighted by atomic mass is 9.87. The van der Waals surface area contributed by atoms with E-state index in [4.69, 9.17) is 14.2 Å². The maximum atomic E-state index is 12.9. The van der Waals surface area contributed by atoms with Gasteiger partial charge in [-0.05, 0) is 65.9 Å². The molecule has 3 rings (SSSR count). The number of amides is 1. The first kappa shape index (κ1) is 23.2. The lowest BCUT2D eigenvalue weighted by Crippen LogP contribution is -2.13. The minimum Gasteiger partial charge on any atom is -0.496 e. The van der Waals surface area contributed by atoms with Gasteiger partial charge in [-0.3, -0.25) is 4.79 Å². The van der Waals surface area contributed by atoms with Crippen LogP contribution in [-0.4, -0.2) is 20.1 Å². The molecule has 3 aromatic rings. The van der Waals surface area contributed by atoms with E-state index in [2.05, 4.69) is 38.2 Å². The molecule has 1 N–H and O–H groups in total. The van der Waals surface area contributed by atoms with Crippen LogP contribution in [-0.2, 0) is 12.0 Å². The second-order valence-electron chi connectivity index (χ2n) is 8.75. The third-order valence-corrected chi connectivity index (χ3v) is 5.26. The predicted molar refractivity (Wildman–Crippen MR) is 128 cm³/mol.